The number of aryl methyl sites for hydroxylation is 2. The lowest BCUT2D eigenvalue weighted by Gasteiger charge is -2.34. The first-order valence-electron chi connectivity index (χ1n) is 9.42. The molecule has 0 unspecified atom stereocenters. The van der Waals surface area contributed by atoms with E-state index in [4.69, 9.17) is 0 Å². The van der Waals surface area contributed by atoms with Crippen molar-refractivity contribution in [3.8, 4) is 0 Å². The molecule has 1 aliphatic heterocycles. The molecular formula is C21H27FN2O2S. The van der Waals surface area contributed by atoms with Gasteiger partial charge in [0, 0.05) is 26.2 Å². The highest BCUT2D eigenvalue weighted by Gasteiger charge is 2.26. The molecule has 0 bridgehead atoms. The van der Waals surface area contributed by atoms with Crippen LogP contribution in [0.15, 0.2) is 48.5 Å². The van der Waals surface area contributed by atoms with E-state index in [2.05, 4.69) is 4.90 Å². The lowest BCUT2D eigenvalue weighted by molar-refractivity contribution is 0.186. The van der Waals surface area contributed by atoms with Gasteiger partial charge >= 0.3 is 0 Å². The number of hydrogen-bond acceptors (Lipinski definition) is 3. The second-order valence-electron chi connectivity index (χ2n) is 7.22. The molecule has 6 heteroatoms. The fourth-order valence-corrected chi connectivity index (χ4v) is 5.00. The highest BCUT2D eigenvalue weighted by atomic mass is 32.2. The third kappa shape index (κ3) is 5.86. The molecule has 2 aromatic rings. The summed E-state index contributed by atoms with van der Waals surface area (Å²) in [5.41, 5.74) is 3.06. The van der Waals surface area contributed by atoms with Crippen molar-refractivity contribution in [1.29, 1.82) is 0 Å². The Morgan fingerprint density at radius 3 is 2.33 bits per heavy atom. The molecule has 0 spiro atoms. The zero-order valence-electron chi connectivity index (χ0n) is 15.8. The number of sulfonamides is 1. The number of piperazine rings is 1. The van der Waals surface area contributed by atoms with Gasteiger partial charge in [0.25, 0.3) is 0 Å². The molecule has 27 heavy (non-hydrogen) atoms. The van der Waals surface area contributed by atoms with Crippen molar-refractivity contribution in [2.24, 2.45) is 0 Å². The highest BCUT2D eigenvalue weighted by molar-refractivity contribution is 7.88. The smallest absolute Gasteiger partial charge is 0.218 e. The minimum Gasteiger partial charge on any atom is -0.301 e. The maximum atomic E-state index is 12.9. The van der Waals surface area contributed by atoms with Crippen LogP contribution in [0.3, 0.4) is 0 Å². The van der Waals surface area contributed by atoms with Crippen LogP contribution in [0.4, 0.5) is 4.39 Å². The fourth-order valence-electron chi connectivity index (χ4n) is 3.49. The van der Waals surface area contributed by atoms with Gasteiger partial charge in [0.05, 0.1) is 5.75 Å². The van der Waals surface area contributed by atoms with Gasteiger partial charge in [0.15, 0.2) is 0 Å². The van der Waals surface area contributed by atoms with E-state index in [0.29, 0.717) is 13.1 Å². The van der Waals surface area contributed by atoms with Crippen LogP contribution in [0.5, 0.6) is 0 Å². The lowest BCUT2D eigenvalue weighted by Crippen LogP contribution is -2.49. The minimum absolute atomic E-state index is 0.0687. The summed E-state index contributed by atoms with van der Waals surface area (Å²) in [6, 6.07) is 14.3. The monoisotopic (exact) mass is 390 g/mol. The molecule has 1 heterocycles. The highest BCUT2D eigenvalue weighted by Crippen LogP contribution is 2.15. The van der Waals surface area contributed by atoms with E-state index in [1.807, 2.05) is 43.3 Å². The van der Waals surface area contributed by atoms with Crippen molar-refractivity contribution < 1.29 is 12.8 Å². The molecule has 146 valence electrons. The topological polar surface area (TPSA) is 40.6 Å². The predicted molar refractivity (Wildman–Crippen MR) is 107 cm³/mol. The molecule has 2 aromatic carbocycles. The summed E-state index contributed by atoms with van der Waals surface area (Å²) in [6.07, 6.45) is 1.90. The fraction of sp³-hybridized carbons (Fsp3) is 0.429. The minimum atomic E-state index is -3.27. The Balaban J connectivity index is 1.44. The summed E-state index contributed by atoms with van der Waals surface area (Å²) in [5.74, 6) is -0.138. The van der Waals surface area contributed by atoms with E-state index in [1.165, 1.54) is 12.1 Å². The summed E-state index contributed by atoms with van der Waals surface area (Å²) in [6.45, 7) is 5.52. The van der Waals surface area contributed by atoms with Crippen molar-refractivity contribution >= 4 is 10.0 Å². The van der Waals surface area contributed by atoms with Crippen LogP contribution < -0.4 is 0 Å². The molecular weight excluding hydrogens is 363 g/mol. The normalized spacial score (nSPS) is 16.5. The molecule has 0 atom stereocenters. The Bertz CT molecular complexity index is 845. The van der Waals surface area contributed by atoms with E-state index in [9.17, 15) is 12.8 Å². The molecule has 0 radical (unpaired) electrons. The number of hydrogen-bond donors (Lipinski definition) is 0. The first kappa shape index (κ1) is 20.0. The molecule has 1 aliphatic rings. The molecule has 4 nitrogen and oxygen atoms in total. The van der Waals surface area contributed by atoms with Gasteiger partial charge in [0.2, 0.25) is 10.0 Å². The molecule has 3 rings (SSSR count). The van der Waals surface area contributed by atoms with Crippen LogP contribution in [-0.4, -0.2) is 50.3 Å². The second kappa shape index (κ2) is 8.95. The maximum absolute atomic E-state index is 12.9. The van der Waals surface area contributed by atoms with Gasteiger partial charge in [-0.05, 0) is 49.6 Å². The predicted octanol–water partition coefficient (Wildman–Crippen LogP) is 3.21. The van der Waals surface area contributed by atoms with Crippen molar-refractivity contribution in [3.63, 3.8) is 0 Å². The largest absolute Gasteiger partial charge is 0.301 e. The van der Waals surface area contributed by atoms with Gasteiger partial charge in [-0.25, -0.2) is 12.8 Å². The van der Waals surface area contributed by atoms with Crippen LogP contribution >= 0.6 is 0 Å². The molecule has 0 aromatic heterocycles. The van der Waals surface area contributed by atoms with Gasteiger partial charge in [-0.2, -0.15) is 4.31 Å². The first-order valence-corrected chi connectivity index (χ1v) is 11.0. The van der Waals surface area contributed by atoms with E-state index >= 15 is 0 Å². The standard InChI is InChI=1S/C21H27FN2O2S/c1-18-4-2-5-20(16-18)17-27(25,26)24-14-12-23(13-15-24)11-3-6-19-7-9-21(22)10-8-19/h2,4-5,7-10,16H,3,6,11-15,17H2,1H3. The molecule has 0 N–H and O–H groups in total. The number of rotatable bonds is 7. The van der Waals surface area contributed by atoms with Gasteiger partial charge in [-0.1, -0.05) is 42.0 Å². The molecule has 1 saturated heterocycles. The Kier molecular flexibility index (Phi) is 6.63. The van der Waals surface area contributed by atoms with Gasteiger partial charge in [-0.3, -0.25) is 0 Å². The van der Waals surface area contributed by atoms with Gasteiger partial charge in [0.1, 0.15) is 5.82 Å². The summed E-state index contributed by atoms with van der Waals surface area (Å²) >= 11 is 0. The van der Waals surface area contributed by atoms with Crippen molar-refractivity contribution in [2.75, 3.05) is 32.7 Å². The summed E-state index contributed by atoms with van der Waals surface area (Å²) in [5, 5.41) is 0. The number of nitrogens with zero attached hydrogens (tertiary/aromatic N) is 2. The van der Waals surface area contributed by atoms with E-state index in [-0.39, 0.29) is 11.6 Å². The van der Waals surface area contributed by atoms with Crippen molar-refractivity contribution in [3.05, 3.63) is 71.0 Å². The SMILES string of the molecule is Cc1cccc(CS(=O)(=O)N2CCN(CCCc3ccc(F)cc3)CC2)c1. The zero-order valence-corrected chi connectivity index (χ0v) is 16.6. The van der Waals surface area contributed by atoms with E-state index in [0.717, 1.165) is 49.2 Å². The molecule has 0 amide bonds. The van der Waals surface area contributed by atoms with Gasteiger partial charge in [-0.15, -0.1) is 0 Å². The van der Waals surface area contributed by atoms with Crippen LogP contribution in [0, 0.1) is 12.7 Å². The Morgan fingerprint density at radius 1 is 0.963 bits per heavy atom. The molecule has 0 aliphatic carbocycles. The Labute approximate surface area is 161 Å². The Morgan fingerprint density at radius 2 is 1.67 bits per heavy atom. The van der Waals surface area contributed by atoms with Crippen molar-refractivity contribution in [2.45, 2.75) is 25.5 Å². The average Bonchev–Trinajstić information content (AvgIpc) is 2.63. The summed E-state index contributed by atoms with van der Waals surface area (Å²) in [4.78, 5) is 2.31. The molecule has 0 saturated carbocycles. The average molecular weight is 391 g/mol. The molecule has 1 fully saturated rings. The maximum Gasteiger partial charge on any atom is 0.218 e. The van der Waals surface area contributed by atoms with Gasteiger partial charge < -0.3 is 4.90 Å². The quantitative estimate of drug-likeness (QED) is 0.729. The summed E-state index contributed by atoms with van der Waals surface area (Å²) in [7, 11) is -3.27. The number of halogens is 1. The zero-order chi connectivity index (χ0) is 19.3. The third-order valence-electron chi connectivity index (χ3n) is 5.01. The first-order chi connectivity index (χ1) is 12.9. The van der Waals surface area contributed by atoms with Crippen LogP contribution in [0.25, 0.3) is 0 Å². The van der Waals surface area contributed by atoms with Crippen molar-refractivity contribution in [1.82, 2.24) is 9.21 Å². The summed E-state index contributed by atoms with van der Waals surface area (Å²) < 4.78 is 39.9. The second-order valence-corrected chi connectivity index (χ2v) is 9.18. The van der Waals surface area contributed by atoms with E-state index in [1.54, 1.807) is 4.31 Å². The van der Waals surface area contributed by atoms with Crippen LogP contribution in [0.1, 0.15) is 23.1 Å². The number of benzene rings is 2. The van der Waals surface area contributed by atoms with E-state index < -0.39 is 10.0 Å². The third-order valence-corrected chi connectivity index (χ3v) is 6.86. The van der Waals surface area contributed by atoms with Crippen LogP contribution in [0.2, 0.25) is 0 Å². The Hall–Kier alpha value is -1.76. The van der Waals surface area contributed by atoms with Crippen LogP contribution in [-0.2, 0) is 22.2 Å². The lowest BCUT2D eigenvalue weighted by atomic mass is 10.1.